The van der Waals surface area contributed by atoms with Gasteiger partial charge in [-0.05, 0) is 74.8 Å². The molecule has 2 N–H and O–H groups in total. The van der Waals surface area contributed by atoms with Gasteiger partial charge in [0.25, 0.3) is 0 Å². The standard InChI is InChI=1S/C32H40F3N3O6.C3H8/c1-42-29-19-43-14-11-28(29)36-23-9-8-20(15-23)30(39)38-12-10-26-22(18-38)17-25(32(33,34)35)27(37-26)7-2-3-13-44-24-6-4-5-21(16-24)31(40)41;1-3-2/h4-6,16-17,20,23,28-29,36H,2-3,7-15,18-19H2,1H3,(H,40,41);3H2,1-2H3. The van der Waals surface area contributed by atoms with Crippen molar-refractivity contribution in [2.45, 2.75) is 103 Å². The Hall–Kier alpha value is -3.22. The van der Waals surface area contributed by atoms with Gasteiger partial charge in [-0.3, -0.25) is 9.78 Å². The average Bonchev–Trinajstić information content (AvgIpc) is 3.52. The van der Waals surface area contributed by atoms with Gasteiger partial charge in [0.15, 0.2) is 0 Å². The van der Waals surface area contributed by atoms with Crippen LogP contribution in [0.3, 0.4) is 0 Å². The van der Waals surface area contributed by atoms with Gasteiger partial charge >= 0.3 is 12.1 Å². The van der Waals surface area contributed by atoms with Crippen molar-refractivity contribution in [3.8, 4) is 5.75 Å². The SMILES string of the molecule is CCC.COC1COCCC1NC1CCC(C(=O)N2CCc3nc(CCCCOc4cccc(C(=O)O)c4)c(C(F)(F)F)cc3C2)C1. The Morgan fingerprint density at radius 2 is 1.94 bits per heavy atom. The number of amides is 1. The molecule has 47 heavy (non-hydrogen) atoms. The minimum absolute atomic E-state index is 0.00162. The molecule has 1 amide bonds. The maximum absolute atomic E-state index is 14.1. The van der Waals surface area contributed by atoms with Crippen molar-refractivity contribution in [3.63, 3.8) is 0 Å². The van der Waals surface area contributed by atoms with Gasteiger partial charge in [-0.25, -0.2) is 4.79 Å². The summed E-state index contributed by atoms with van der Waals surface area (Å²) in [7, 11) is 1.67. The third-order valence-electron chi connectivity index (χ3n) is 8.86. The van der Waals surface area contributed by atoms with Crippen LogP contribution in [0.25, 0.3) is 0 Å². The first-order chi connectivity index (χ1) is 22.5. The van der Waals surface area contributed by atoms with E-state index in [-0.39, 0.29) is 60.8 Å². The van der Waals surface area contributed by atoms with Crippen LogP contribution in [0.1, 0.15) is 91.7 Å². The van der Waals surface area contributed by atoms with Gasteiger partial charge in [0.2, 0.25) is 5.91 Å². The first-order valence-electron chi connectivity index (χ1n) is 16.7. The number of carboxylic acid groups (broad SMARTS) is 1. The fraction of sp³-hybridized carbons (Fsp3) is 0.629. The summed E-state index contributed by atoms with van der Waals surface area (Å²) in [6.07, 6.45) is 1.30. The van der Waals surface area contributed by atoms with Crippen molar-refractivity contribution < 1.29 is 42.1 Å². The molecule has 4 atom stereocenters. The normalized spacial score (nSPS) is 22.6. The number of aromatic nitrogens is 1. The summed E-state index contributed by atoms with van der Waals surface area (Å²) in [6.45, 7) is 6.29. The van der Waals surface area contributed by atoms with Crippen LogP contribution in [0, 0.1) is 5.92 Å². The van der Waals surface area contributed by atoms with Crippen molar-refractivity contribution in [1.82, 2.24) is 15.2 Å². The summed E-state index contributed by atoms with van der Waals surface area (Å²) in [5, 5.41) is 12.8. The lowest BCUT2D eigenvalue weighted by molar-refractivity contribution is -0.138. The van der Waals surface area contributed by atoms with Gasteiger partial charge in [-0.2, -0.15) is 13.2 Å². The number of methoxy groups -OCH3 is 1. The first kappa shape index (κ1) is 36.6. The first-order valence-corrected chi connectivity index (χ1v) is 16.7. The molecule has 0 radical (unpaired) electrons. The van der Waals surface area contributed by atoms with Gasteiger partial charge in [-0.1, -0.05) is 26.3 Å². The molecule has 9 nitrogen and oxygen atoms in total. The van der Waals surface area contributed by atoms with Crippen LogP contribution in [0.5, 0.6) is 5.75 Å². The fourth-order valence-corrected chi connectivity index (χ4v) is 6.50. The molecule has 4 unspecified atom stereocenters. The zero-order valence-electron chi connectivity index (χ0n) is 27.6. The number of hydrogen-bond acceptors (Lipinski definition) is 7. The smallest absolute Gasteiger partial charge is 0.418 e. The number of ether oxygens (including phenoxy) is 3. The van der Waals surface area contributed by atoms with Gasteiger partial charge in [0, 0.05) is 56.9 Å². The van der Waals surface area contributed by atoms with E-state index in [0.717, 1.165) is 19.3 Å². The van der Waals surface area contributed by atoms with Crippen molar-refractivity contribution in [3.05, 3.63) is 58.4 Å². The molecule has 12 heteroatoms. The summed E-state index contributed by atoms with van der Waals surface area (Å²) in [6, 6.07) is 7.64. The molecule has 1 aliphatic carbocycles. The van der Waals surface area contributed by atoms with E-state index >= 15 is 0 Å². The second-order valence-electron chi connectivity index (χ2n) is 12.6. The number of carboxylic acids is 1. The lowest BCUT2D eigenvalue weighted by Gasteiger charge is -2.33. The number of aryl methyl sites for hydroxylation is 1. The number of unbranched alkanes of at least 4 members (excludes halogenated alkanes) is 1. The Morgan fingerprint density at radius 1 is 1.15 bits per heavy atom. The Labute approximate surface area is 275 Å². The third-order valence-corrected chi connectivity index (χ3v) is 8.86. The molecule has 3 aliphatic rings. The Kier molecular flexibility index (Phi) is 13.4. The fourth-order valence-electron chi connectivity index (χ4n) is 6.50. The molecule has 2 fully saturated rings. The maximum Gasteiger partial charge on any atom is 0.418 e. The quantitative estimate of drug-likeness (QED) is 0.279. The number of carbonyl (C=O) groups excluding carboxylic acids is 1. The molecule has 3 heterocycles. The third kappa shape index (κ3) is 10.1. The van der Waals surface area contributed by atoms with Gasteiger partial charge in [-0.15, -0.1) is 0 Å². The molecule has 5 rings (SSSR count). The van der Waals surface area contributed by atoms with Crippen LogP contribution in [0.15, 0.2) is 30.3 Å². The number of alkyl halides is 3. The van der Waals surface area contributed by atoms with E-state index < -0.39 is 17.7 Å². The highest BCUT2D eigenvalue weighted by Crippen LogP contribution is 2.36. The summed E-state index contributed by atoms with van der Waals surface area (Å²) in [5.74, 6) is -0.817. The number of nitrogens with zero attached hydrogens (tertiary/aromatic N) is 2. The molecule has 1 aromatic carbocycles. The zero-order chi connectivity index (χ0) is 34.0. The van der Waals surface area contributed by atoms with Crippen molar-refractivity contribution >= 4 is 11.9 Å². The Bertz CT molecular complexity index is 1340. The number of pyridine rings is 1. The summed E-state index contributed by atoms with van der Waals surface area (Å²) >= 11 is 0. The molecule has 2 aromatic rings. The number of benzene rings is 1. The van der Waals surface area contributed by atoms with Crippen LogP contribution < -0.4 is 10.1 Å². The molecule has 2 aliphatic heterocycles. The van der Waals surface area contributed by atoms with E-state index in [1.165, 1.54) is 24.6 Å². The van der Waals surface area contributed by atoms with Crippen LogP contribution in [0.2, 0.25) is 0 Å². The number of nitrogens with one attached hydrogen (secondary N) is 1. The predicted octanol–water partition coefficient (Wildman–Crippen LogP) is 6.06. The molecular formula is C35H48F3N3O6. The number of aromatic carboxylic acids is 1. The van der Waals surface area contributed by atoms with E-state index in [1.807, 2.05) is 0 Å². The van der Waals surface area contributed by atoms with Crippen LogP contribution >= 0.6 is 0 Å². The Balaban J connectivity index is 0.00000160. The topological polar surface area (TPSA) is 110 Å². The highest BCUT2D eigenvalue weighted by atomic mass is 19.4. The highest BCUT2D eigenvalue weighted by Gasteiger charge is 2.39. The molecule has 1 saturated carbocycles. The molecule has 260 valence electrons. The number of fused-ring (bicyclic) bond motifs is 1. The zero-order valence-corrected chi connectivity index (χ0v) is 27.6. The molecule has 0 bridgehead atoms. The predicted molar refractivity (Wildman–Crippen MR) is 170 cm³/mol. The number of hydrogen-bond donors (Lipinski definition) is 2. The van der Waals surface area contributed by atoms with Crippen molar-refractivity contribution in [2.75, 3.05) is 33.5 Å². The Morgan fingerprint density at radius 3 is 2.66 bits per heavy atom. The van der Waals surface area contributed by atoms with Crippen molar-refractivity contribution in [2.24, 2.45) is 5.92 Å². The van der Waals surface area contributed by atoms with E-state index in [4.69, 9.17) is 19.3 Å². The number of rotatable bonds is 11. The van der Waals surface area contributed by atoms with Crippen LogP contribution in [-0.4, -0.2) is 78.5 Å². The maximum atomic E-state index is 14.1. The minimum atomic E-state index is -4.56. The van der Waals surface area contributed by atoms with Gasteiger partial charge < -0.3 is 29.5 Å². The lowest BCUT2D eigenvalue weighted by atomic mass is 9.97. The highest BCUT2D eigenvalue weighted by molar-refractivity contribution is 5.88. The average molecular weight is 664 g/mol. The van der Waals surface area contributed by atoms with Gasteiger partial charge in [0.05, 0.1) is 36.1 Å². The van der Waals surface area contributed by atoms with Gasteiger partial charge in [0.1, 0.15) is 5.75 Å². The molecule has 1 saturated heterocycles. The minimum Gasteiger partial charge on any atom is -0.494 e. The van der Waals surface area contributed by atoms with E-state index in [2.05, 4.69) is 24.1 Å². The second kappa shape index (κ2) is 17.3. The summed E-state index contributed by atoms with van der Waals surface area (Å²) < 4.78 is 58.9. The molecular weight excluding hydrogens is 615 g/mol. The monoisotopic (exact) mass is 663 g/mol. The number of halogens is 3. The van der Waals surface area contributed by atoms with Crippen molar-refractivity contribution in [1.29, 1.82) is 0 Å². The van der Waals surface area contributed by atoms with Crippen LogP contribution in [0.4, 0.5) is 13.2 Å². The van der Waals surface area contributed by atoms with E-state index in [1.54, 1.807) is 24.1 Å². The van der Waals surface area contributed by atoms with E-state index in [0.29, 0.717) is 62.4 Å². The molecule has 0 spiro atoms. The lowest BCUT2D eigenvalue weighted by Crippen LogP contribution is -2.50. The summed E-state index contributed by atoms with van der Waals surface area (Å²) in [4.78, 5) is 30.7. The molecule has 1 aromatic heterocycles. The second-order valence-corrected chi connectivity index (χ2v) is 12.6. The summed E-state index contributed by atoms with van der Waals surface area (Å²) in [5.41, 5.74) is 0.438. The van der Waals surface area contributed by atoms with E-state index in [9.17, 15) is 22.8 Å². The number of carbonyl (C=O) groups is 2. The van der Waals surface area contributed by atoms with Crippen LogP contribution in [-0.2, 0) is 39.8 Å². The largest absolute Gasteiger partial charge is 0.494 e.